The highest BCUT2D eigenvalue weighted by atomic mass is 32.1. The third kappa shape index (κ3) is 3.91. The number of fused-ring (bicyclic) bond motifs is 1. The molecule has 1 aliphatic heterocycles. The van der Waals surface area contributed by atoms with Crippen LogP contribution in [0.1, 0.15) is 35.7 Å². The molecule has 0 aliphatic carbocycles. The van der Waals surface area contributed by atoms with Gasteiger partial charge in [0.05, 0.1) is 17.2 Å². The first-order valence-corrected chi connectivity index (χ1v) is 9.21. The summed E-state index contributed by atoms with van der Waals surface area (Å²) in [5.74, 6) is 0.994. The Morgan fingerprint density at radius 3 is 2.87 bits per heavy atom. The Morgan fingerprint density at radius 1 is 1.30 bits per heavy atom. The summed E-state index contributed by atoms with van der Waals surface area (Å²) >= 11 is 1.73. The van der Waals surface area contributed by atoms with E-state index >= 15 is 0 Å². The third-order valence-electron chi connectivity index (χ3n) is 4.06. The molecule has 1 N–H and O–H groups in total. The van der Waals surface area contributed by atoms with Crippen LogP contribution in [0.4, 0.5) is 0 Å². The fourth-order valence-corrected chi connectivity index (χ4v) is 3.58. The lowest BCUT2D eigenvalue weighted by Crippen LogP contribution is -2.44. The smallest absolute Gasteiger partial charge is 0.194 e. The topological polar surface area (TPSA) is 40.5 Å². The number of hydrogen-bond donors (Lipinski definition) is 1. The molecule has 0 atom stereocenters. The molecule has 0 fully saturated rings. The van der Waals surface area contributed by atoms with Crippen LogP contribution in [0.25, 0.3) is 0 Å². The van der Waals surface area contributed by atoms with E-state index in [1.807, 2.05) is 0 Å². The number of nitrogens with one attached hydrogen (secondary N) is 1. The first-order valence-electron chi connectivity index (χ1n) is 8.33. The van der Waals surface area contributed by atoms with Gasteiger partial charge in [-0.15, -0.1) is 11.3 Å². The van der Waals surface area contributed by atoms with Crippen molar-refractivity contribution in [3.63, 3.8) is 0 Å². The Hall–Kier alpha value is -1.88. The molecule has 1 aromatic carbocycles. The molecule has 122 valence electrons. The zero-order valence-electron chi connectivity index (χ0n) is 13.9. The Morgan fingerprint density at radius 2 is 2.13 bits per heavy atom. The van der Waals surface area contributed by atoms with Gasteiger partial charge in [-0.25, -0.2) is 9.98 Å². The molecule has 0 unspecified atom stereocenters. The predicted octanol–water partition coefficient (Wildman–Crippen LogP) is 3.23. The number of hydrogen-bond acceptors (Lipinski definition) is 3. The molecule has 0 radical (unpaired) electrons. The molecular formula is C18H24N4S. The van der Waals surface area contributed by atoms with Crippen LogP contribution in [-0.2, 0) is 25.9 Å². The van der Waals surface area contributed by atoms with Gasteiger partial charge in [0.2, 0.25) is 0 Å². The van der Waals surface area contributed by atoms with Crippen LogP contribution < -0.4 is 5.32 Å². The van der Waals surface area contributed by atoms with Crippen molar-refractivity contribution in [3.8, 4) is 0 Å². The van der Waals surface area contributed by atoms with Crippen LogP contribution in [0, 0.1) is 0 Å². The van der Waals surface area contributed by atoms with Crippen molar-refractivity contribution in [1.82, 2.24) is 15.2 Å². The van der Waals surface area contributed by atoms with Crippen molar-refractivity contribution in [1.29, 1.82) is 0 Å². The van der Waals surface area contributed by atoms with Gasteiger partial charge in [-0.05, 0) is 30.9 Å². The van der Waals surface area contributed by atoms with Gasteiger partial charge in [0.25, 0.3) is 0 Å². The van der Waals surface area contributed by atoms with Crippen LogP contribution in [0.5, 0.6) is 0 Å². The summed E-state index contributed by atoms with van der Waals surface area (Å²) in [6, 6.07) is 8.70. The standard InChI is InChI=1S/C18H24N4S/c1-3-17-21-16(13-23-17)11-20-18(19-4-2)22-10-9-14-7-5-6-8-15(14)12-22/h5-8,13H,3-4,9-12H2,1-2H3,(H,19,20). The van der Waals surface area contributed by atoms with Crippen molar-refractivity contribution in [2.24, 2.45) is 4.99 Å². The fourth-order valence-electron chi connectivity index (χ4n) is 2.84. The van der Waals surface area contributed by atoms with Crippen molar-refractivity contribution < 1.29 is 0 Å². The zero-order valence-corrected chi connectivity index (χ0v) is 14.7. The van der Waals surface area contributed by atoms with E-state index in [2.05, 4.69) is 58.7 Å². The molecule has 3 rings (SSSR count). The van der Waals surface area contributed by atoms with Crippen molar-refractivity contribution in [3.05, 3.63) is 51.5 Å². The lowest BCUT2D eigenvalue weighted by molar-refractivity contribution is 0.378. The number of thiazole rings is 1. The van der Waals surface area contributed by atoms with E-state index in [4.69, 9.17) is 4.99 Å². The number of aliphatic imine (C=N–C) groups is 1. The molecular weight excluding hydrogens is 304 g/mol. The minimum Gasteiger partial charge on any atom is -0.356 e. The third-order valence-corrected chi connectivity index (χ3v) is 5.10. The van der Waals surface area contributed by atoms with Crippen molar-refractivity contribution in [2.45, 2.75) is 39.8 Å². The summed E-state index contributed by atoms with van der Waals surface area (Å²) in [4.78, 5) is 11.8. The normalized spacial score (nSPS) is 14.7. The molecule has 5 heteroatoms. The highest BCUT2D eigenvalue weighted by Gasteiger charge is 2.18. The van der Waals surface area contributed by atoms with E-state index in [-0.39, 0.29) is 0 Å². The van der Waals surface area contributed by atoms with E-state index in [0.717, 1.165) is 44.1 Å². The second-order valence-corrected chi connectivity index (χ2v) is 6.64. The lowest BCUT2D eigenvalue weighted by atomic mass is 10.0. The zero-order chi connectivity index (χ0) is 16.1. The largest absolute Gasteiger partial charge is 0.356 e. The SMILES string of the molecule is CCNC(=NCc1csc(CC)n1)N1CCc2ccccc2C1. The van der Waals surface area contributed by atoms with Gasteiger partial charge < -0.3 is 10.2 Å². The fraction of sp³-hybridized carbons (Fsp3) is 0.444. The molecule has 0 amide bonds. The number of aryl methyl sites for hydroxylation is 1. The number of benzene rings is 1. The molecule has 0 saturated carbocycles. The Bertz CT molecular complexity index is 677. The minimum atomic E-state index is 0.650. The first-order chi connectivity index (χ1) is 11.3. The van der Waals surface area contributed by atoms with Gasteiger partial charge in [-0.2, -0.15) is 0 Å². The van der Waals surface area contributed by atoms with Crippen LogP contribution in [0.3, 0.4) is 0 Å². The van der Waals surface area contributed by atoms with Gasteiger partial charge >= 0.3 is 0 Å². The number of guanidine groups is 1. The monoisotopic (exact) mass is 328 g/mol. The van der Waals surface area contributed by atoms with Crippen LogP contribution in [0.2, 0.25) is 0 Å². The molecule has 23 heavy (non-hydrogen) atoms. The molecule has 0 spiro atoms. The summed E-state index contributed by atoms with van der Waals surface area (Å²) < 4.78 is 0. The van der Waals surface area contributed by atoms with Crippen LogP contribution in [-0.4, -0.2) is 28.9 Å². The molecule has 0 saturated heterocycles. The average molecular weight is 328 g/mol. The molecule has 2 heterocycles. The molecule has 4 nitrogen and oxygen atoms in total. The van der Waals surface area contributed by atoms with E-state index in [9.17, 15) is 0 Å². The summed E-state index contributed by atoms with van der Waals surface area (Å²) in [6.45, 7) is 7.73. The van der Waals surface area contributed by atoms with Gasteiger partial charge in [0, 0.05) is 25.0 Å². The summed E-state index contributed by atoms with van der Waals surface area (Å²) in [6.07, 6.45) is 2.08. The minimum absolute atomic E-state index is 0.650. The van der Waals surface area contributed by atoms with Crippen LogP contribution >= 0.6 is 11.3 Å². The van der Waals surface area contributed by atoms with E-state index in [0.29, 0.717) is 6.54 Å². The van der Waals surface area contributed by atoms with Gasteiger partial charge in [-0.3, -0.25) is 0 Å². The number of nitrogens with zero attached hydrogens (tertiary/aromatic N) is 3. The second kappa shape index (κ2) is 7.59. The number of aromatic nitrogens is 1. The Kier molecular flexibility index (Phi) is 5.28. The lowest BCUT2D eigenvalue weighted by Gasteiger charge is -2.31. The van der Waals surface area contributed by atoms with E-state index < -0.39 is 0 Å². The van der Waals surface area contributed by atoms with E-state index in [1.165, 1.54) is 16.1 Å². The maximum atomic E-state index is 4.80. The van der Waals surface area contributed by atoms with Gasteiger partial charge in [0.15, 0.2) is 5.96 Å². The maximum absolute atomic E-state index is 4.80. The van der Waals surface area contributed by atoms with Gasteiger partial charge in [-0.1, -0.05) is 31.2 Å². The Balaban J connectivity index is 1.72. The second-order valence-electron chi connectivity index (χ2n) is 5.70. The van der Waals surface area contributed by atoms with Crippen molar-refractivity contribution >= 4 is 17.3 Å². The molecule has 0 bridgehead atoms. The Labute approximate surface area is 142 Å². The summed E-state index contributed by atoms with van der Waals surface area (Å²) in [7, 11) is 0. The average Bonchev–Trinajstić information content (AvgIpc) is 3.06. The van der Waals surface area contributed by atoms with Crippen molar-refractivity contribution in [2.75, 3.05) is 13.1 Å². The summed E-state index contributed by atoms with van der Waals surface area (Å²) in [5.41, 5.74) is 3.94. The molecule has 2 aromatic rings. The highest BCUT2D eigenvalue weighted by Crippen LogP contribution is 2.19. The summed E-state index contributed by atoms with van der Waals surface area (Å²) in [5, 5.41) is 6.74. The maximum Gasteiger partial charge on any atom is 0.194 e. The predicted molar refractivity (Wildman–Crippen MR) is 96.9 cm³/mol. The quantitative estimate of drug-likeness (QED) is 0.692. The van der Waals surface area contributed by atoms with E-state index in [1.54, 1.807) is 11.3 Å². The van der Waals surface area contributed by atoms with Gasteiger partial charge in [0.1, 0.15) is 0 Å². The first kappa shape index (κ1) is 16.0. The molecule has 1 aromatic heterocycles. The van der Waals surface area contributed by atoms with Crippen LogP contribution in [0.15, 0.2) is 34.6 Å². The number of rotatable bonds is 4. The highest BCUT2D eigenvalue weighted by molar-refractivity contribution is 7.09. The molecule has 1 aliphatic rings.